The van der Waals surface area contributed by atoms with E-state index >= 15 is 0 Å². The second-order valence-corrected chi connectivity index (χ2v) is 7.88. The summed E-state index contributed by atoms with van der Waals surface area (Å²) in [6.07, 6.45) is 2.21. The molecule has 0 aliphatic rings. The number of hydrogen-bond acceptors (Lipinski definition) is 5. The fraction of sp³-hybridized carbons (Fsp3) is 0.150. The molecule has 4 rings (SSSR count). The van der Waals surface area contributed by atoms with Crippen molar-refractivity contribution in [3.05, 3.63) is 75.5 Å². The minimum Gasteiger partial charge on any atom is -0.354 e. The third kappa shape index (κ3) is 3.84. The first kappa shape index (κ1) is 17.6. The molecule has 0 saturated heterocycles. The van der Waals surface area contributed by atoms with Gasteiger partial charge in [0.25, 0.3) is 5.56 Å². The molecule has 0 unspecified atom stereocenters. The number of aromatic nitrogens is 2. The van der Waals surface area contributed by atoms with Gasteiger partial charge in [0, 0.05) is 22.4 Å². The van der Waals surface area contributed by atoms with Crippen molar-refractivity contribution in [3.63, 3.8) is 0 Å². The number of rotatable bonds is 6. The molecule has 4 aromatic rings. The van der Waals surface area contributed by atoms with Crippen molar-refractivity contribution in [1.29, 1.82) is 0 Å². The molecule has 0 radical (unpaired) electrons. The first-order valence-corrected chi connectivity index (χ1v) is 10.3. The number of fused-ring (bicyclic) bond motifs is 1. The summed E-state index contributed by atoms with van der Waals surface area (Å²) in [6, 6.07) is 13.9. The third-order valence-electron chi connectivity index (χ3n) is 4.24. The van der Waals surface area contributed by atoms with Gasteiger partial charge in [-0.25, -0.2) is 4.98 Å². The molecule has 0 spiro atoms. The molecule has 27 heavy (non-hydrogen) atoms. The summed E-state index contributed by atoms with van der Waals surface area (Å²) in [6.45, 7) is 0.502. The van der Waals surface area contributed by atoms with Crippen LogP contribution in [0.1, 0.15) is 5.56 Å². The third-order valence-corrected chi connectivity index (χ3v) is 6.03. The van der Waals surface area contributed by atoms with E-state index in [1.54, 1.807) is 11.3 Å². The molecule has 0 saturated carbocycles. The van der Waals surface area contributed by atoms with Crippen LogP contribution in [-0.2, 0) is 17.8 Å². The SMILES string of the molecule is O=C(Cn1cnc2scc(-c3cccs3)c2c1=O)NCCc1ccccc1. The molecule has 1 aromatic carbocycles. The molecule has 0 bridgehead atoms. The van der Waals surface area contributed by atoms with E-state index in [0.29, 0.717) is 16.8 Å². The number of nitrogens with one attached hydrogen (secondary N) is 1. The largest absolute Gasteiger partial charge is 0.354 e. The average Bonchev–Trinajstić information content (AvgIpc) is 3.34. The van der Waals surface area contributed by atoms with Gasteiger partial charge in [0.15, 0.2) is 0 Å². The number of amides is 1. The lowest BCUT2D eigenvalue weighted by Crippen LogP contribution is -2.33. The second-order valence-electron chi connectivity index (χ2n) is 6.07. The van der Waals surface area contributed by atoms with Gasteiger partial charge in [0.2, 0.25) is 5.91 Å². The molecule has 0 fully saturated rings. The molecule has 3 heterocycles. The lowest BCUT2D eigenvalue weighted by molar-refractivity contribution is -0.121. The van der Waals surface area contributed by atoms with E-state index in [1.165, 1.54) is 22.2 Å². The minimum absolute atomic E-state index is 0.0315. The Hall–Kier alpha value is -2.77. The van der Waals surface area contributed by atoms with Crippen molar-refractivity contribution in [3.8, 4) is 10.4 Å². The highest BCUT2D eigenvalue weighted by atomic mass is 32.1. The molecule has 5 nitrogen and oxygen atoms in total. The van der Waals surface area contributed by atoms with E-state index < -0.39 is 0 Å². The van der Waals surface area contributed by atoms with Crippen LogP contribution >= 0.6 is 22.7 Å². The summed E-state index contributed by atoms with van der Waals surface area (Å²) in [5.41, 5.74) is 1.88. The predicted molar refractivity (Wildman–Crippen MR) is 110 cm³/mol. The summed E-state index contributed by atoms with van der Waals surface area (Å²) in [5, 5.41) is 7.39. The number of carbonyl (C=O) groups is 1. The van der Waals surface area contributed by atoms with Crippen LogP contribution in [0.25, 0.3) is 20.7 Å². The molecular formula is C20H17N3O2S2. The van der Waals surface area contributed by atoms with Crippen molar-refractivity contribution in [1.82, 2.24) is 14.9 Å². The summed E-state index contributed by atoms with van der Waals surface area (Å²) in [7, 11) is 0. The zero-order chi connectivity index (χ0) is 18.6. The lowest BCUT2D eigenvalue weighted by Gasteiger charge is -2.08. The normalized spacial score (nSPS) is 11.0. The molecule has 0 aliphatic heterocycles. The van der Waals surface area contributed by atoms with Crippen molar-refractivity contribution in [2.75, 3.05) is 6.54 Å². The Balaban J connectivity index is 1.49. The quantitative estimate of drug-likeness (QED) is 0.543. The van der Waals surface area contributed by atoms with Crippen LogP contribution in [0.2, 0.25) is 0 Å². The standard InChI is InChI=1S/C20H17N3O2S2/c24-17(21-9-8-14-5-2-1-3-6-14)11-23-13-22-19-18(20(23)25)15(12-27-19)16-7-4-10-26-16/h1-7,10,12-13H,8-9,11H2,(H,21,24). The van der Waals surface area contributed by atoms with Crippen molar-refractivity contribution in [2.24, 2.45) is 0 Å². The highest BCUT2D eigenvalue weighted by Gasteiger charge is 2.15. The molecule has 136 valence electrons. The Morgan fingerprint density at radius 2 is 1.96 bits per heavy atom. The highest BCUT2D eigenvalue weighted by Crippen LogP contribution is 2.33. The van der Waals surface area contributed by atoms with Crippen LogP contribution in [0.4, 0.5) is 0 Å². The van der Waals surface area contributed by atoms with E-state index in [4.69, 9.17) is 0 Å². The van der Waals surface area contributed by atoms with Crippen molar-refractivity contribution >= 4 is 38.8 Å². The average molecular weight is 396 g/mol. The topological polar surface area (TPSA) is 64.0 Å². The Labute approximate surface area is 163 Å². The smallest absolute Gasteiger partial charge is 0.263 e. The van der Waals surface area contributed by atoms with Crippen LogP contribution in [-0.4, -0.2) is 22.0 Å². The minimum atomic E-state index is -0.193. The lowest BCUT2D eigenvalue weighted by atomic mass is 10.1. The number of benzene rings is 1. The van der Waals surface area contributed by atoms with E-state index in [9.17, 15) is 9.59 Å². The summed E-state index contributed by atoms with van der Waals surface area (Å²) < 4.78 is 1.38. The maximum absolute atomic E-state index is 12.9. The first-order valence-electron chi connectivity index (χ1n) is 8.53. The predicted octanol–water partition coefficient (Wildman–Crippen LogP) is 3.55. The molecular weight excluding hydrogens is 378 g/mol. The summed E-state index contributed by atoms with van der Waals surface area (Å²) in [4.78, 5) is 31.2. The van der Waals surface area contributed by atoms with Crippen molar-refractivity contribution < 1.29 is 4.79 Å². The Kier molecular flexibility index (Phi) is 5.13. The molecule has 7 heteroatoms. The fourth-order valence-corrected chi connectivity index (χ4v) is 4.62. The highest BCUT2D eigenvalue weighted by molar-refractivity contribution is 7.18. The Bertz CT molecular complexity index is 1120. The molecule has 3 aromatic heterocycles. The van der Waals surface area contributed by atoms with E-state index in [-0.39, 0.29) is 18.0 Å². The Morgan fingerprint density at radius 3 is 2.74 bits per heavy atom. The van der Waals surface area contributed by atoms with Crippen molar-refractivity contribution in [2.45, 2.75) is 13.0 Å². The van der Waals surface area contributed by atoms with Gasteiger partial charge in [0.1, 0.15) is 11.4 Å². The number of nitrogens with zero attached hydrogens (tertiary/aromatic N) is 2. The number of carbonyl (C=O) groups excluding carboxylic acids is 1. The number of thiophene rings is 2. The van der Waals surface area contributed by atoms with Gasteiger partial charge < -0.3 is 5.32 Å². The van der Waals surface area contributed by atoms with E-state index in [1.807, 2.05) is 53.2 Å². The van der Waals surface area contributed by atoms with Crippen LogP contribution < -0.4 is 10.9 Å². The van der Waals surface area contributed by atoms with Gasteiger partial charge in [-0.2, -0.15) is 0 Å². The first-order chi connectivity index (χ1) is 13.2. The van der Waals surface area contributed by atoms with E-state index in [2.05, 4.69) is 10.3 Å². The Morgan fingerprint density at radius 1 is 1.11 bits per heavy atom. The molecule has 1 N–H and O–H groups in total. The monoisotopic (exact) mass is 395 g/mol. The molecule has 0 aliphatic carbocycles. The maximum atomic E-state index is 12.9. The molecule has 0 atom stereocenters. The number of hydrogen-bond donors (Lipinski definition) is 1. The van der Waals surface area contributed by atoms with Gasteiger partial charge in [-0.3, -0.25) is 14.2 Å². The molecule has 1 amide bonds. The summed E-state index contributed by atoms with van der Waals surface area (Å²) >= 11 is 3.03. The van der Waals surface area contributed by atoms with Gasteiger partial charge in [-0.05, 0) is 23.4 Å². The van der Waals surface area contributed by atoms with Crippen LogP contribution in [0.5, 0.6) is 0 Å². The van der Waals surface area contributed by atoms with Crippen LogP contribution in [0.15, 0.2) is 64.3 Å². The van der Waals surface area contributed by atoms with Gasteiger partial charge in [-0.1, -0.05) is 36.4 Å². The zero-order valence-corrected chi connectivity index (χ0v) is 16.1. The fourth-order valence-electron chi connectivity index (χ4n) is 2.89. The van der Waals surface area contributed by atoms with Crippen LogP contribution in [0.3, 0.4) is 0 Å². The van der Waals surface area contributed by atoms with Crippen LogP contribution in [0, 0.1) is 0 Å². The maximum Gasteiger partial charge on any atom is 0.263 e. The van der Waals surface area contributed by atoms with Gasteiger partial charge in [-0.15, -0.1) is 22.7 Å². The van der Waals surface area contributed by atoms with Gasteiger partial charge >= 0.3 is 0 Å². The van der Waals surface area contributed by atoms with E-state index in [0.717, 1.165) is 22.4 Å². The van der Waals surface area contributed by atoms with Gasteiger partial charge in [0.05, 0.1) is 11.7 Å². The summed E-state index contributed by atoms with van der Waals surface area (Å²) in [5.74, 6) is -0.193. The zero-order valence-electron chi connectivity index (χ0n) is 14.4. The second kappa shape index (κ2) is 7.85.